The lowest BCUT2D eigenvalue weighted by molar-refractivity contribution is -0.146. The second-order valence-electron chi connectivity index (χ2n) is 4.91. The van der Waals surface area contributed by atoms with Crippen LogP contribution in [-0.2, 0) is 4.79 Å². The van der Waals surface area contributed by atoms with Gasteiger partial charge < -0.3 is 10.4 Å². The molecule has 2 N–H and O–H groups in total. The summed E-state index contributed by atoms with van der Waals surface area (Å²) < 4.78 is 0.346. The van der Waals surface area contributed by atoms with Gasteiger partial charge in [0.25, 0.3) is 0 Å². The zero-order valence-electron chi connectivity index (χ0n) is 9.16. The number of hydrogen-bond donors (Lipinski definition) is 2. The van der Waals surface area contributed by atoms with E-state index in [9.17, 15) is 4.79 Å². The third kappa shape index (κ3) is 2.48. The summed E-state index contributed by atoms with van der Waals surface area (Å²) in [5, 5.41) is 12.3. The van der Waals surface area contributed by atoms with Crippen molar-refractivity contribution in [1.29, 1.82) is 0 Å². The number of nitrogens with one attached hydrogen (secondary N) is 1. The van der Waals surface area contributed by atoms with Gasteiger partial charge in [-0.25, -0.2) is 0 Å². The molecule has 0 aromatic rings. The van der Waals surface area contributed by atoms with Crippen LogP contribution < -0.4 is 5.32 Å². The highest BCUT2D eigenvalue weighted by atomic mass is 32.2. The van der Waals surface area contributed by atoms with Crippen LogP contribution in [0.3, 0.4) is 0 Å². The normalized spacial score (nSPS) is 40.1. The molecule has 0 radical (unpaired) electrons. The Kier molecular flexibility index (Phi) is 3.26. The lowest BCUT2D eigenvalue weighted by Gasteiger charge is -2.36. The van der Waals surface area contributed by atoms with Gasteiger partial charge in [-0.3, -0.25) is 4.79 Å². The van der Waals surface area contributed by atoms with E-state index in [1.165, 1.54) is 18.6 Å². The average molecular weight is 229 g/mol. The highest BCUT2D eigenvalue weighted by Crippen LogP contribution is 2.38. The van der Waals surface area contributed by atoms with E-state index in [4.69, 9.17) is 5.11 Å². The molecule has 0 spiro atoms. The van der Waals surface area contributed by atoms with Crippen LogP contribution >= 0.6 is 11.8 Å². The Hall–Kier alpha value is -0.220. The first-order valence-corrected chi connectivity index (χ1v) is 6.69. The van der Waals surface area contributed by atoms with Gasteiger partial charge in [-0.2, -0.15) is 11.8 Å². The van der Waals surface area contributed by atoms with Crippen molar-refractivity contribution in [2.75, 3.05) is 12.3 Å². The molecule has 3 atom stereocenters. The van der Waals surface area contributed by atoms with E-state index in [2.05, 4.69) is 12.2 Å². The summed E-state index contributed by atoms with van der Waals surface area (Å²) in [7, 11) is 0. The van der Waals surface area contributed by atoms with Gasteiger partial charge in [0.2, 0.25) is 0 Å². The fraction of sp³-hybridized carbons (Fsp3) is 0.909. The first-order valence-electron chi connectivity index (χ1n) is 5.71. The third-order valence-corrected chi connectivity index (χ3v) is 5.17. The topological polar surface area (TPSA) is 49.3 Å². The minimum absolute atomic E-state index is 0.139. The second kappa shape index (κ2) is 4.34. The van der Waals surface area contributed by atoms with Crippen LogP contribution in [0.25, 0.3) is 0 Å². The van der Waals surface area contributed by atoms with Crippen molar-refractivity contribution in [2.24, 2.45) is 5.92 Å². The van der Waals surface area contributed by atoms with Crippen molar-refractivity contribution in [1.82, 2.24) is 5.32 Å². The zero-order chi connectivity index (χ0) is 10.9. The Labute approximate surface area is 95.0 Å². The van der Waals surface area contributed by atoms with E-state index in [1.807, 2.05) is 11.8 Å². The van der Waals surface area contributed by atoms with E-state index in [0.717, 1.165) is 19.4 Å². The summed E-state index contributed by atoms with van der Waals surface area (Å²) in [6, 6.07) is 0.223. The Bertz CT molecular complexity index is 251. The first kappa shape index (κ1) is 11.3. The molecule has 1 aliphatic heterocycles. The minimum atomic E-state index is -0.636. The van der Waals surface area contributed by atoms with Gasteiger partial charge in [-0.15, -0.1) is 0 Å². The minimum Gasteiger partial charge on any atom is -0.481 e. The highest BCUT2D eigenvalue weighted by molar-refractivity contribution is 8.00. The lowest BCUT2D eigenvalue weighted by atomic mass is 9.79. The molecule has 0 bridgehead atoms. The van der Waals surface area contributed by atoms with Gasteiger partial charge in [-0.05, 0) is 38.4 Å². The van der Waals surface area contributed by atoms with Crippen molar-refractivity contribution in [3.8, 4) is 0 Å². The molecule has 1 saturated heterocycles. The average Bonchev–Trinajstić information content (AvgIpc) is 2.49. The summed E-state index contributed by atoms with van der Waals surface area (Å²) in [5.74, 6) is 0.480. The number of carbonyl (C=O) groups is 1. The molecule has 3 nitrogen and oxygen atoms in total. The van der Waals surface area contributed by atoms with Crippen molar-refractivity contribution in [3.63, 3.8) is 0 Å². The van der Waals surface area contributed by atoms with E-state index < -0.39 is 5.97 Å². The Morgan fingerprint density at radius 3 is 2.87 bits per heavy atom. The third-order valence-electron chi connectivity index (χ3n) is 3.63. The summed E-state index contributed by atoms with van der Waals surface area (Å²) in [6.45, 7) is 3.25. The number of aliphatic carboxylic acids is 1. The smallest absolute Gasteiger partial charge is 0.308 e. The molecule has 1 saturated carbocycles. The molecule has 0 amide bonds. The number of thioether (sulfide) groups is 1. The predicted molar refractivity (Wildman–Crippen MR) is 62.2 cm³/mol. The molecule has 4 heteroatoms. The second-order valence-corrected chi connectivity index (χ2v) is 6.59. The molecule has 1 aliphatic carbocycles. The van der Waals surface area contributed by atoms with Crippen LogP contribution in [0.15, 0.2) is 0 Å². The van der Waals surface area contributed by atoms with E-state index in [1.54, 1.807) is 0 Å². The lowest BCUT2D eigenvalue weighted by Crippen LogP contribution is -2.51. The largest absolute Gasteiger partial charge is 0.481 e. The molecule has 0 aromatic heterocycles. The number of carboxylic acid groups (broad SMARTS) is 1. The van der Waals surface area contributed by atoms with Crippen molar-refractivity contribution < 1.29 is 9.90 Å². The van der Waals surface area contributed by atoms with Crippen LogP contribution in [0.2, 0.25) is 0 Å². The summed E-state index contributed by atoms with van der Waals surface area (Å²) in [4.78, 5) is 10.8. The van der Waals surface area contributed by atoms with Crippen LogP contribution in [0.4, 0.5) is 0 Å². The van der Waals surface area contributed by atoms with E-state index >= 15 is 0 Å². The number of hydrogen-bond acceptors (Lipinski definition) is 3. The molecule has 2 fully saturated rings. The fourth-order valence-electron chi connectivity index (χ4n) is 2.36. The summed E-state index contributed by atoms with van der Waals surface area (Å²) in [6.07, 6.45) is 4.43. The SMILES string of the molecule is CC1(CNC2CCC2C(=O)O)CCCS1. The molecule has 15 heavy (non-hydrogen) atoms. The molecular formula is C11H19NO2S. The maximum absolute atomic E-state index is 10.8. The molecule has 86 valence electrons. The van der Waals surface area contributed by atoms with Gasteiger partial charge >= 0.3 is 5.97 Å². The summed E-state index contributed by atoms with van der Waals surface area (Å²) >= 11 is 2.02. The summed E-state index contributed by atoms with van der Waals surface area (Å²) in [5.41, 5.74) is 0. The van der Waals surface area contributed by atoms with Crippen LogP contribution in [-0.4, -0.2) is 34.2 Å². The van der Waals surface area contributed by atoms with E-state index in [0.29, 0.717) is 4.75 Å². The van der Waals surface area contributed by atoms with Crippen LogP contribution in [0, 0.1) is 5.92 Å². The van der Waals surface area contributed by atoms with E-state index in [-0.39, 0.29) is 12.0 Å². The van der Waals surface area contributed by atoms with Crippen LogP contribution in [0.5, 0.6) is 0 Å². The Morgan fingerprint density at radius 2 is 2.40 bits per heavy atom. The highest BCUT2D eigenvalue weighted by Gasteiger charge is 2.38. The Balaban J connectivity index is 1.76. The first-order chi connectivity index (χ1) is 7.11. The zero-order valence-corrected chi connectivity index (χ0v) is 9.98. The number of carboxylic acids is 1. The van der Waals surface area contributed by atoms with Crippen LogP contribution in [0.1, 0.15) is 32.6 Å². The fourth-order valence-corrected chi connectivity index (χ4v) is 3.62. The monoisotopic (exact) mass is 229 g/mol. The van der Waals surface area contributed by atoms with Gasteiger partial charge in [0.05, 0.1) is 5.92 Å². The number of rotatable bonds is 4. The van der Waals surface area contributed by atoms with Crippen molar-refractivity contribution in [2.45, 2.75) is 43.4 Å². The quantitative estimate of drug-likeness (QED) is 0.770. The van der Waals surface area contributed by atoms with Gasteiger partial charge in [0.15, 0.2) is 0 Å². The molecule has 2 rings (SSSR count). The molecule has 2 aliphatic rings. The predicted octanol–water partition coefficient (Wildman–Crippen LogP) is 1.72. The maximum atomic E-state index is 10.8. The standard InChI is InChI=1S/C11H19NO2S/c1-11(5-2-6-15-11)7-12-9-4-3-8(9)10(13)14/h8-9,12H,2-7H2,1H3,(H,13,14). The Morgan fingerprint density at radius 1 is 1.60 bits per heavy atom. The van der Waals surface area contributed by atoms with Gasteiger partial charge in [0.1, 0.15) is 0 Å². The van der Waals surface area contributed by atoms with Crippen molar-refractivity contribution in [3.05, 3.63) is 0 Å². The van der Waals surface area contributed by atoms with Crippen molar-refractivity contribution >= 4 is 17.7 Å². The molecule has 0 aromatic carbocycles. The molecule has 1 heterocycles. The van der Waals surface area contributed by atoms with Gasteiger partial charge in [0, 0.05) is 17.3 Å². The van der Waals surface area contributed by atoms with Gasteiger partial charge in [-0.1, -0.05) is 0 Å². The maximum Gasteiger partial charge on any atom is 0.308 e. The molecule has 3 unspecified atom stereocenters. The molecular weight excluding hydrogens is 210 g/mol.